The van der Waals surface area contributed by atoms with E-state index < -0.39 is 4.92 Å². The SMILES string of the molecule is CNc1ccc(CNc2cccc(-n3cnnn3)c2)cc1[N+](=O)[O-]. The van der Waals surface area contributed by atoms with Gasteiger partial charge in [-0.1, -0.05) is 12.1 Å². The number of hydrogen-bond donors (Lipinski definition) is 2. The van der Waals surface area contributed by atoms with Crippen LogP contribution in [0.2, 0.25) is 0 Å². The summed E-state index contributed by atoms with van der Waals surface area (Å²) in [7, 11) is 1.66. The first-order chi connectivity index (χ1) is 11.7. The van der Waals surface area contributed by atoms with Gasteiger partial charge in [-0.15, -0.1) is 5.10 Å². The standard InChI is InChI=1S/C15H15N7O2/c1-16-14-6-5-11(7-15(14)22(23)24)9-17-12-3-2-4-13(8-12)21-10-18-19-20-21/h2-8,10,16-17H,9H2,1H3. The van der Waals surface area contributed by atoms with Gasteiger partial charge in [0, 0.05) is 25.3 Å². The number of nitro groups is 1. The summed E-state index contributed by atoms with van der Waals surface area (Å²) in [5.41, 5.74) is 3.04. The van der Waals surface area contributed by atoms with Crippen LogP contribution in [0.5, 0.6) is 0 Å². The summed E-state index contributed by atoms with van der Waals surface area (Å²) in [5.74, 6) is 0. The number of nitro benzene ring substituents is 1. The van der Waals surface area contributed by atoms with Crippen molar-refractivity contribution in [3.8, 4) is 5.69 Å². The van der Waals surface area contributed by atoms with Gasteiger partial charge in [0.2, 0.25) is 0 Å². The topological polar surface area (TPSA) is 111 Å². The molecule has 0 aliphatic rings. The zero-order valence-electron chi connectivity index (χ0n) is 12.9. The molecule has 0 bridgehead atoms. The van der Waals surface area contributed by atoms with Crippen molar-refractivity contribution in [3.05, 3.63) is 64.5 Å². The fourth-order valence-electron chi connectivity index (χ4n) is 2.29. The normalized spacial score (nSPS) is 10.4. The molecule has 0 amide bonds. The van der Waals surface area contributed by atoms with Gasteiger partial charge in [0.05, 0.1) is 10.6 Å². The lowest BCUT2D eigenvalue weighted by Gasteiger charge is -2.09. The Morgan fingerprint density at radius 1 is 1.25 bits per heavy atom. The zero-order valence-corrected chi connectivity index (χ0v) is 12.9. The van der Waals surface area contributed by atoms with E-state index in [0.717, 1.165) is 16.9 Å². The summed E-state index contributed by atoms with van der Waals surface area (Å²) in [6.07, 6.45) is 1.51. The van der Waals surface area contributed by atoms with Crippen LogP contribution >= 0.6 is 0 Å². The Labute approximate surface area is 137 Å². The molecule has 0 radical (unpaired) electrons. The molecule has 1 aromatic heterocycles. The predicted molar refractivity (Wildman–Crippen MR) is 89.1 cm³/mol. The molecule has 9 heteroatoms. The van der Waals surface area contributed by atoms with E-state index in [-0.39, 0.29) is 5.69 Å². The third-order valence-corrected chi connectivity index (χ3v) is 3.48. The molecule has 2 N–H and O–H groups in total. The van der Waals surface area contributed by atoms with E-state index in [2.05, 4.69) is 26.2 Å². The van der Waals surface area contributed by atoms with Crippen LogP contribution in [0.25, 0.3) is 5.69 Å². The molecule has 2 aromatic carbocycles. The first-order valence-corrected chi connectivity index (χ1v) is 7.20. The Hall–Kier alpha value is -3.49. The zero-order chi connectivity index (χ0) is 16.9. The maximum atomic E-state index is 11.1. The molecular weight excluding hydrogens is 310 g/mol. The molecule has 0 aliphatic carbocycles. The van der Waals surface area contributed by atoms with Crippen molar-refractivity contribution in [1.82, 2.24) is 20.2 Å². The van der Waals surface area contributed by atoms with Gasteiger partial charge in [-0.2, -0.15) is 0 Å². The first-order valence-electron chi connectivity index (χ1n) is 7.20. The molecule has 0 saturated carbocycles. The Bertz CT molecular complexity index is 849. The van der Waals surface area contributed by atoms with E-state index >= 15 is 0 Å². The fourth-order valence-corrected chi connectivity index (χ4v) is 2.29. The van der Waals surface area contributed by atoms with Gasteiger partial charge in [-0.3, -0.25) is 10.1 Å². The van der Waals surface area contributed by atoms with Gasteiger partial charge in [-0.05, 0) is 40.3 Å². The smallest absolute Gasteiger partial charge is 0.292 e. The van der Waals surface area contributed by atoms with E-state index in [0.29, 0.717) is 12.2 Å². The molecule has 9 nitrogen and oxygen atoms in total. The summed E-state index contributed by atoms with van der Waals surface area (Å²) >= 11 is 0. The number of anilines is 2. The van der Waals surface area contributed by atoms with Crippen molar-refractivity contribution in [3.63, 3.8) is 0 Å². The highest BCUT2D eigenvalue weighted by atomic mass is 16.6. The van der Waals surface area contributed by atoms with Crippen molar-refractivity contribution < 1.29 is 4.92 Å². The molecular formula is C15H15N7O2. The molecule has 24 heavy (non-hydrogen) atoms. The van der Waals surface area contributed by atoms with Gasteiger partial charge in [0.15, 0.2) is 0 Å². The predicted octanol–water partition coefficient (Wildman–Crippen LogP) is 2.22. The largest absolute Gasteiger partial charge is 0.383 e. The average molecular weight is 325 g/mol. The van der Waals surface area contributed by atoms with Crippen molar-refractivity contribution in [2.24, 2.45) is 0 Å². The lowest BCUT2D eigenvalue weighted by molar-refractivity contribution is -0.384. The van der Waals surface area contributed by atoms with Crippen molar-refractivity contribution in [2.45, 2.75) is 6.54 Å². The van der Waals surface area contributed by atoms with Crippen molar-refractivity contribution in [1.29, 1.82) is 0 Å². The minimum absolute atomic E-state index is 0.0549. The summed E-state index contributed by atoms with van der Waals surface area (Å²) in [4.78, 5) is 10.7. The second-order valence-electron chi connectivity index (χ2n) is 5.02. The summed E-state index contributed by atoms with van der Waals surface area (Å²) in [6, 6.07) is 12.7. The molecule has 1 heterocycles. The number of rotatable bonds is 6. The highest BCUT2D eigenvalue weighted by Gasteiger charge is 2.13. The van der Waals surface area contributed by atoms with Crippen LogP contribution in [0.15, 0.2) is 48.8 Å². The quantitative estimate of drug-likeness (QED) is 0.528. The maximum absolute atomic E-state index is 11.1. The van der Waals surface area contributed by atoms with Gasteiger partial charge in [0.25, 0.3) is 5.69 Å². The van der Waals surface area contributed by atoms with Crippen LogP contribution in [0.1, 0.15) is 5.56 Å². The highest BCUT2D eigenvalue weighted by Crippen LogP contribution is 2.25. The summed E-state index contributed by atoms with van der Waals surface area (Å²) < 4.78 is 1.55. The Morgan fingerprint density at radius 3 is 2.83 bits per heavy atom. The maximum Gasteiger partial charge on any atom is 0.292 e. The molecule has 0 saturated heterocycles. The van der Waals surface area contributed by atoms with Gasteiger partial charge >= 0.3 is 0 Å². The van der Waals surface area contributed by atoms with Gasteiger partial charge in [-0.25, -0.2) is 4.68 Å². The van der Waals surface area contributed by atoms with Gasteiger partial charge in [0.1, 0.15) is 12.0 Å². The molecule has 0 atom stereocenters. The summed E-state index contributed by atoms with van der Waals surface area (Å²) in [6.45, 7) is 0.462. The number of aromatic nitrogens is 4. The molecule has 0 unspecified atom stereocenters. The molecule has 3 rings (SSSR count). The first kappa shape index (κ1) is 15.4. The molecule has 0 aliphatic heterocycles. The second-order valence-corrected chi connectivity index (χ2v) is 5.02. The lowest BCUT2D eigenvalue weighted by Crippen LogP contribution is -2.03. The Balaban J connectivity index is 1.75. The fraction of sp³-hybridized carbons (Fsp3) is 0.133. The van der Waals surface area contributed by atoms with E-state index in [1.165, 1.54) is 6.33 Å². The van der Waals surface area contributed by atoms with Crippen LogP contribution in [0.3, 0.4) is 0 Å². The third-order valence-electron chi connectivity index (χ3n) is 3.48. The number of tetrazole rings is 1. The monoisotopic (exact) mass is 325 g/mol. The van der Waals surface area contributed by atoms with E-state index in [1.807, 2.05) is 30.3 Å². The molecule has 122 valence electrons. The molecule has 0 spiro atoms. The molecule has 0 fully saturated rings. The van der Waals surface area contributed by atoms with Crippen LogP contribution in [-0.4, -0.2) is 32.2 Å². The number of nitrogens with one attached hydrogen (secondary N) is 2. The number of nitrogens with zero attached hydrogens (tertiary/aromatic N) is 5. The van der Waals surface area contributed by atoms with Crippen LogP contribution in [-0.2, 0) is 6.54 Å². The van der Waals surface area contributed by atoms with Crippen LogP contribution < -0.4 is 10.6 Å². The third kappa shape index (κ3) is 3.29. The highest BCUT2D eigenvalue weighted by molar-refractivity contribution is 5.62. The summed E-state index contributed by atoms with van der Waals surface area (Å²) in [5, 5.41) is 28.2. The van der Waals surface area contributed by atoms with Crippen molar-refractivity contribution >= 4 is 17.1 Å². The minimum Gasteiger partial charge on any atom is -0.383 e. The second kappa shape index (κ2) is 6.73. The van der Waals surface area contributed by atoms with E-state index in [4.69, 9.17) is 0 Å². The number of hydrogen-bond acceptors (Lipinski definition) is 7. The molecule has 3 aromatic rings. The van der Waals surface area contributed by atoms with E-state index in [9.17, 15) is 10.1 Å². The Kier molecular flexibility index (Phi) is 4.32. The Morgan fingerprint density at radius 2 is 2.12 bits per heavy atom. The van der Waals surface area contributed by atoms with Crippen LogP contribution in [0.4, 0.5) is 17.1 Å². The van der Waals surface area contributed by atoms with E-state index in [1.54, 1.807) is 23.9 Å². The lowest BCUT2D eigenvalue weighted by atomic mass is 10.1. The van der Waals surface area contributed by atoms with Crippen LogP contribution in [0, 0.1) is 10.1 Å². The average Bonchev–Trinajstić information content (AvgIpc) is 3.14. The number of benzene rings is 2. The van der Waals surface area contributed by atoms with Crippen molar-refractivity contribution in [2.75, 3.05) is 17.7 Å². The van der Waals surface area contributed by atoms with Gasteiger partial charge < -0.3 is 10.6 Å². The minimum atomic E-state index is -0.395.